The summed E-state index contributed by atoms with van der Waals surface area (Å²) in [5.74, 6) is -1.00. The van der Waals surface area contributed by atoms with Crippen LogP contribution in [0.3, 0.4) is 0 Å². The molecule has 0 heterocycles. The minimum absolute atomic E-state index is 0.0650. The van der Waals surface area contributed by atoms with Gasteiger partial charge in [-0.25, -0.2) is 0 Å². The second kappa shape index (κ2) is 12.2. The molecule has 0 amide bonds. The zero-order valence-electron chi connectivity index (χ0n) is 15.3. The summed E-state index contributed by atoms with van der Waals surface area (Å²) in [5.41, 5.74) is 0. The Kier molecular flexibility index (Phi) is 10.7. The SMILES string of the molecule is CCCCC[C@H](O)/C=C/[C@@H]1[C@@H](C/C=C\CCCC(=O)O)[C@H](O)C[C@@H]1O. The highest BCUT2D eigenvalue weighted by Crippen LogP contribution is 2.36. The summed E-state index contributed by atoms with van der Waals surface area (Å²) in [6.07, 6.45) is 12.3. The molecule has 1 fully saturated rings. The first-order valence-corrected chi connectivity index (χ1v) is 9.55. The first-order chi connectivity index (χ1) is 12.0. The van der Waals surface area contributed by atoms with Crippen LogP contribution in [0, 0.1) is 11.8 Å². The largest absolute Gasteiger partial charge is 0.481 e. The van der Waals surface area contributed by atoms with Crippen LogP contribution in [0.4, 0.5) is 0 Å². The molecule has 1 aliphatic rings. The van der Waals surface area contributed by atoms with E-state index in [0.717, 1.165) is 25.7 Å². The van der Waals surface area contributed by atoms with E-state index in [4.69, 9.17) is 5.11 Å². The van der Waals surface area contributed by atoms with Gasteiger partial charge < -0.3 is 20.4 Å². The lowest BCUT2D eigenvalue weighted by Gasteiger charge is -2.19. The number of hydrogen-bond acceptors (Lipinski definition) is 4. The maximum atomic E-state index is 10.5. The summed E-state index contributed by atoms with van der Waals surface area (Å²) in [4.78, 5) is 10.5. The molecule has 1 aliphatic carbocycles. The van der Waals surface area contributed by atoms with E-state index in [-0.39, 0.29) is 18.3 Å². The van der Waals surface area contributed by atoms with E-state index in [1.54, 1.807) is 6.08 Å². The van der Waals surface area contributed by atoms with Gasteiger partial charge in [0, 0.05) is 18.8 Å². The van der Waals surface area contributed by atoms with Gasteiger partial charge in [0.25, 0.3) is 0 Å². The van der Waals surface area contributed by atoms with Gasteiger partial charge in [0.05, 0.1) is 18.3 Å². The highest BCUT2D eigenvalue weighted by atomic mass is 16.4. The van der Waals surface area contributed by atoms with E-state index in [0.29, 0.717) is 25.7 Å². The van der Waals surface area contributed by atoms with Crippen molar-refractivity contribution in [1.82, 2.24) is 0 Å². The molecule has 0 aliphatic heterocycles. The highest BCUT2D eigenvalue weighted by molar-refractivity contribution is 5.66. The Balaban J connectivity index is 2.46. The third-order valence-electron chi connectivity index (χ3n) is 4.91. The zero-order chi connectivity index (χ0) is 18.7. The predicted octanol–water partition coefficient (Wildman–Crippen LogP) is 3.04. The molecule has 5 atom stereocenters. The molecule has 0 bridgehead atoms. The summed E-state index contributed by atoms with van der Waals surface area (Å²) in [6.45, 7) is 2.12. The molecule has 5 heteroatoms. The van der Waals surface area contributed by atoms with E-state index < -0.39 is 24.3 Å². The Hall–Kier alpha value is -1.17. The lowest BCUT2D eigenvalue weighted by atomic mass is 9.89. The van der Waals surface area contributed by atoms with Crippen molar-refractivity contribution in [2.24, 2.45) is 11.8 Å². The molecule has 0 aromatic carbocycles. The molecular weight excluding hydrogens is 320 g/mol. The normalized spacial score (nSPS) is 28.2. The van der Waals surface area contributed by atoms with Crippen LogP contribution in [0.15, 0.2) is 24.3 Å². The Bertz CT molecular complexity index is 432. The first-order valence-electron chi connectivity index (χ1n) is 9.55. The number of carboxylic acid groups (broad SMARTS) is 1. The molecule has 5 nitrogen and oxygen atoms in total. The molecule has 0 unspecified atom stereocenters. The Morgan fingerprint density at radius 1 is 1.16 bits per heavy atom. The van der Waals surface area contributed by atoms with E-state index >= 15 is 0 Å². The fourth-order valence-corrected chi connectivity index (χ4v) is 3.41. The van der Waals surface area contributed by atoms with E-state index in [1.807, 2.05) is 18.2 Å². The van der Waals surface area contributed by atoms with Crippen molar-refractivity contribution in [3.63, 3.8) is 0 Å². The third-order valence-corrected chi connectivity index (χ3v) is 4.91. The zero-order valence-corrected chi connectivity index (χ0v) is 15.3. The van der Waals surface area contributed by atoms with Crippen LogP contribution < -0.4 is 0 Å². The quantitative estimate of drug-likeness (QED) is 0.319. The van der Waals surface area contributed by atoms with Gasteiger partial charge in [-0.2, -0.15) is 0 Å². The molecule has 0 spiro atoms. The second-order valence-corrected chi connectivity index (χ2v) is 7.05. The van der Waals surface area contributed by atoms with Gasteiger partial charge >= 0.3 is 5.97 Å². The molecule has 0 aromatic rings. The number of allylic oxidation sites excluding steroid dienone is 2. The van der Waals surface area contributed by atoms with Crippen LogP contribution in [0.2, 0.25) is 0 Å². The average molecular weight is 354 g/mol. The Morgan fingerprint density at radius 2 is 1.92 bits per heavy atom. The minimum atomic E-state index is -0.787. The Labute approximate surface area is 151 Å². The van der Waals surface area contributed by atoms with Gasteiger partial charge in [-0.1, -0.05) is 50.5 Å². The van der Waals surface area contributed by atoms with Crippen molar-refractivity contribution in [3.05, 3.63) is 24.3 Å². The number of aliphatic hydroxyl groups is 3. The number of unbranched alkanes of at least 4 members (excludes halogenated alkanes) is 3. The van der Waals surface area contributed by atoms with Crippen molar-refractivity contribution in [2.45, 2.75) is 83.0 Å². The Morgan fingerprint density at radius 3 is 2.60 bits per heavy atom. The molecule has 0 saturated heterocycles. The summed E-state index contributed by atoms with van der Waals surface area (Å²) in [5, 5.41) is 39.0. The fraction of sp³-hybridized carbons (Fsp3) is 0.750. The number of aliphatic hydroxyl groups excluding tert-OH is 3. The maximum Gasteiger partial charge on any atom is 0.303 e. The monoisotopic (exact) mass is 354 g/mol. The first kappa shape index (κ1) is 21.9. The van der Waals surface area contributed by atoms with Crippen LogP contribution in [0.5, 0.6) is 0 Å². The standard InChI is InChI=1S/C20H34O5/c1-2-3-6-9-15(21)12-13-17-16(18(22)14-19(17)23)10-7-4-5-8-11-20(24)25/h4,7,12-13,15-19,21-23H,2-3,5-6,8-11,14H2,1H3,(H,24,25)/b7-4-,13-12+/t15-,16+,17+,18+,19-/m0/s1. The van der Waals surface area contributed by atoms with Crippen molar-refractivity contribution >= 4 is 5.97 Å². The fourth-order valence-electron chi connectivity index (χ4n) is 3.41. The van der Waals surface area contributed by atoms with E-state index in [9.17, 15) is 20.1 Å². The number of hydrogen-bond donors (Lipinski definition) is 4. The molecular formula is C20H34O5. The number of carbonyl (C=O) groups is 1. The van der Waals surface area contributed by atoms with Crippen molar-refractivity contribution in [3.8, 4) is 0 Å². The molecule has 4 N–H and O–H groups in total. The van der Waals surface area contributed by atoms with Crippen LogP contribution in [-0.4, -0.2) is 44.7 Å². The molecule has 1 saturated carbocycles. The van der Waals surface area contributed by atoms with Crippen LogP contribution in [0.1, 0.15) is 64.7 Å². The van der Waals surface area contributed by atoms with Crippen LogP contribution in [0.25, 0.3) is 0 Å². The molecule has 0 aromatic heterocycles. The van der Waals surface area contributed by atoms with Gasteiger partial charge in [-0.15, -0.1) is 0 Å². The third kappa shape index (κ3) is 8.66. The highest BCUT2D eigenvalue weighted by Gasteiger charge is 2.39. The second-order valence-electron chi connectivity index (χ2n) is 7.05. The van der Waals surface area contributed by atoms with Crippen molar-refractivity contribution < 1.29 is 25.2 Å². The van der Waals surface area contributed by atoms with E-state index in [1.165, 1.54) is 0 Å². The molecule has 1 rings (SSSR count). The smallest absolute Gasteiger partial charge is 0.303 e. The van der Waals surface area contributed by atoms with Crippen molar-refractivity contribution in [1.29, 1.82) is 0 Å². The summed E-state index contributed by atoms with van der Waals surface area (Å²) in [6, 6.07) is 0. The predicted molar refractivity (Wildman–Crippen MR) is 98.1 cm³/mol. The molecule has 0 radical (unpaired) electrons. The number of aliphatic carboxylic acids is 1. The molecule has 144 valence electrons. The topological polar surface area (TPSA) is 98.0 Å². The lowest BCUT2D eigenvalue weighted by Crippen LogP contribution is -2.20. The van der Waals surface area contributed by atoms with Crippen LogP contribution in [-0.2, 0) is 4.79 Å². The summed E-state index contributed by atoms with van der Waals surface area (Å²) < 4.78 is 0. The van der Waals surface area contributed by atoms with Gasteiger partial charge in [-0.05, 0) is 31.6 Å². The van der Waals surface area contributed by atoms with E-state index in [2.05, 4.69) is 6.92 Å². The molecule has 25 heavy (non-hydrogen) atoms. The van der Waals surface area contributed by atoms with Gasteiger partial charge in [0.1, 0.15) is 0 Å². The number of rotatable bonds is 12. The van der Waals surface area contributed by atoms with Gasteiger partial charge in [0.15, 0.2) is 0 Å². The summed E-state index contributed by atoms with van der Waals surface area (Å²) in [7, 11) is 0. The summed E-state index contributed by atoms with van der Waals surface area (Å²) >= 11 is 0. The van der Waals surface area contributed by atoms with Gasteiger partial charge in [0.2, 0.25) is 0 Å². The number of carboxylic acids is 1. The van der Waals surface area contributed by atoms with Crippen molar-refractivity contribution in [2.75, 3.05) is 0 Å². The minimum Gasteiger partial charge on any atom is -0.481 e. The average Bonchev–Trinajstić information content (AvgIpc) is 2.82. The van der Waals surface area contributed by atoms with Crippen LogP contribution >= 0.6 is 0 Å². The lowest BCUT2D eigenvalue weighted by molar-refractivity contribution is -0.137. The van der Waals surface area contributed by atoms with Gasteiger partial charge in [-0.3, -0.25) is 4.79 Å². The maximum absolute atomic E-state index is 10.5.